The standard InChI is InChI=1S/C43H25N3O2/c1-3-11-26(12-4-1)41-44-42(27-13-5-2-6-14-27)46-43(45-41)34-23-22-31(40-39(34)33-16-8-10-18-36(33)48-40)29-19-21-30-28(25-29)20-24-37-38(30)32-15-7-9-17-35(32)47-37/h1-25H. The summed E-state index contributed by atoms with van der Waals surface area (Å²) in [6, 6.07) is 51.5. The highest BCUT2D eigenvalue weighted by Gasteiger charge is 2.21. The van der Waals surface area contributed by atoms with Crippen molar-refractivity contribution in [2.45, 2.75) is 0 Å². The Morgan fingerprint density at radius 1 is 0.354 bits per heavy atom. The van der Waals surface area contributed by atoms with E-state index in [2.05, 4.69) is 60.7 Å². The highest BCUT2D eigenvalue weighted by Crippen LogP contribution is 2.43. The van der Waals surface area contributed by atoms with Crippen molar-refractivity contribution in [2.24, 2.45) is 0 Å². The molecule has 48 heavy (non-hydrogen) atoms. The normalized spacial score (nSPS) is 11.8. The quantitative estimate of drug-likeness (QED) is 0.197. The van der Waals surface area contributed by atoms with Gasteiger partial charge in [0.05, 0.1) is 0 Å². The minimum Gasteiger partial charge on any atom is -0.456 e. The van der Waals surface area contributed by atoms with E-state index in [0.29, 0.717) is 17.5 Å². The first kappa shape index (κ1) is 26.6. The van der Waals surface area contributed by atoms with Crippen LogP contribution in [0.4, 0.5) is 0 Å². The summed E-state index contributed by atoms with van der Waals surface area (Å²) >= 11 is 0. The molecule has 0 unspecified atom stereocenters. The third kappa shape index (κ3) is 4.15. The lowest BCUT2D eigenvalue weighted by Gasteiger charge is -2.11. The summed E-state index contributed by atoms with van der Waals surface area (Å²) in [7, 11) is 0. The predicted octanol–water partition coefficient (Wildman–Crippen LogP) is 11.5. The molecule has 0 radical (unpaired) electrons. The van der Waals surface area contributed by atoms with Crippen LogP contribution in [-0.2, 0) is 0 Å². The molecule has 0 spiro atoms. The molecule has 0 saturated heterocycles. The number of furan rings is 2. The van der Waals surface area contributed by atoms with E-state index in [1.165, 1.54) is 0 Å². The molecule has 0 aliphatic rings. The number of rotatable bonds is 4. The Morgan fingerprint density at radius 3 is 1.65 bits per heavy atom. The zero-order valence-corrected chi connectivity index (χ0v) is 25.6. The van der Waals surface area contributed by atoms with Gasteiger partial charge in [0, 0.05) is 43.8 Å². The second-order valence-corrected chi connectivity index (χ2v) is 12.0. The van der Waals surface area contributed by atoms with E-state index in [1.807, 2.05) is 91.0 Å². The van der Waals surface area contributed by atoms with Gasteiger partial charge in [0.1, 0.15) is 22.3 Å². The Labute approximate surface area is 274 Å². The largest absolute Gasteiger partial charge is 0.456 e. The fourth-order valence-corrected chi connectivity index (χ4v) is 6.89. The molecule has 0 amide bonds. The zero-order valence-electron chi connectivity index (χ0n) is 25.6. The fourth-order valence-electron chi connectivity index (χ4n) is 6.89. The molecule has 5 heteroatoms. The molecule has 0 aliphatic heterocycles. The van der Waals surface area contributed by atoms with Crippen molar-refractivity contribution in [3.8, 4) is 45.3 Å². The number of hydrogen-bond acceptors (Lipinski definition) is 5. The lowest BCUT2D eigenvalue weighted by Crippen LogP contribution is -2.00. The first-order valence-electron chi connectivity index (χ1n) is 15.9. The number of fused-ring (bicyclic) bond motifs is 8. The summed E-state index contributed by atoms with van der Waals surface area (Å²) in [4.78, 5) is 15.0. The van der Waals surface area contributed by atoms with E-state index in [9.17, 15) is 0 Å². The van der Waals surface area contributed by atoms with Crippen LogP contribution < -0.4 is 0 Å². The SMILES string of the molecule is c1ccc(-c2nc(-c3ccccc3)nc(-c3ccc(-c4ccc5c(ccc6oc7ccccc7c65)c4)c4oc5ccccc5c34)n2)cc1. The molecule has 7 aromatic carbocycles. The van der Waals surface area contributed by atoms with Gasteiger partial charge in [-0.05, 0) is 52.7 Å². The van der Waals surface area contributed by atoms with E-state index in [4.69, 9.17) is 23.8 Å². The molecule has 0 bridgehead atoms. The van der Waals surface area contributed by atoms with Gasteiger partial charge in [-0.25, -0.2) is 15.0 Å². The van der Waals surface area contributed by atoms with E-state index in [0.717, 1.165) is 82.5 Å². The molecule has 3 aromatic heterocycles. The van der Waals surface area contributed by atoms with Crippen LogP contribution in [0.2, 0.25) is 0 Å². The van der Waals surface area contributed by atoms with Gasteiger partial charge in [-0.2, -0.15) is 0 Å². The molecule has 0 atom stereocenters. The van der Waals surface area contributed by atoms with Gasteiger partial charge >= 0.3 is 0 Å². The van der Waals surface area contributed by atoms with Gasteiger partial charge in [-0.1, -0.05) is 115 Å². The number of nitrogens with zero attached hydrogens (tertiary/aromatic N) is 3. The summed E-state index contributed by atoms with van der Waals surface area (Å²) in [6.07, 6.45) is 0. The molecule has 10 aromatic rings. The summed E-state index contributed by atoms with van der Waals surface area (Å²) in [5, 5.41) is 6.54. The minimum absolute atomic E-state index is 0.596. The van der Waals surface area contributed by atoms with E-state index < -0.39 is 0 Å². The predicted molar refractivity (Wildman–Crippen MR) is 194 cm³/mol. The van der Waals surface area contributed by atoms with Gasteiger partial charge in [-0.3, -0.25) is 0 Å². The fraction of sp³-hybridized carbons (Fsp3) is 0. The Balaban J connectivity index is 1.21. The number of benzene rings is 7. The lowest BCUT2D eigenvalue weighted by atomic mass is 9.95. The van der Waals surface area contributed by atoms with Crippen molar-refractivity contribution in [1.82, 2.24) is 15.0 Å². The van der Waals surface area contributed by atoms with Crippen LogP contribution in [-0.4, -0.2) is 15.0 Å². The second-order valence-electron chi connectivity index (χ2n) is 12.0. The molecule has 0 N–H and O–H groups in total. The van der Waals surface area contributed by atoms with Gasteiger partial charge in [0.15, 0.2) is 17.5 Å². The Kier molecular flexibility index (Phi) is 5.81. The first-order chi connectivity index (χ1) is 23.8. The van der Waals surface area contributed by atoms with E-state index in [-0.39, 0.29) is 0 Å². The summed E-state index contributed by atoms with van der Waals surface area (Å²) in [5.74, 6) is 1.84. The molecule has 5 nitrogen and oxygen atoms in total. The summed E-state index contributed by atoms with van der Waals surface area (Å²) < 4.78 is 12.8. The number of hydrogen-bond donors (Lipinski definition) is 0. The molecule has 0 aliphatic carbocycles. The molecule has 224 valence electrons. The van der Waals surface area contributed by atoms with E-state index in [1.54, 1.807) is 0 Å². The molecular formula is C43H25N3O2. The van der Waals surface area contributed by atoms with Crippen LogP contribution >= 0.6 is 0 Å². The average molecular weight is 616 g/mol. The smallest absolute Gasteiger partial charge is 0.164 e. The van der Waals surface area contributed by atoms with Crippen LogP contribution in [0.5, 0.6) is 0 Å². The van der Waals surface area contributed by atoms with Crippen molar-refractivity contribution >= 4 is 54.6 Å². The van der Waals surface area contributed by atoms with Crippen molar-refractivity contribution in [2.75, 3.05) is 0 Å². The highest BCUT2D eigenvalue weighted by molar-refractivity contribution is 6.20. The summed E-state index contributed by atoms with van der Waals surface area (Å²) in [6.45, 7) is 0. The van der Waals surface area contributed by atoms with Crippen LogP contribution in [0.3, 0.4) is 0 Å². The Hall–Kier alpha value is -6.59. The molecule has 0 saturated carbocycles. The van der Waals surface area contributed by atoms with Crippen LogP contribution in [0.25, 0.3) is 99.9 Å². The van der Waals surface area contributed by atoms with Gasteiger partial charge < -0.3 is 8.83 Å². The van der Waals surface area contributed by atoms with Crippen molar-refractivity contribution < 1.29 is 8.83 Å². The van der Waals surface area contributed by atoms with Crippen LogP contribution in [0.15, 0.2) is 160 Å². The monoisotopic (exact) mass is 615 g/mol. The van der Waals surface area contributed by atoms with Crippen LogP contribution in [0.1, 0.15) is 0 Å². The van der Waals surface area contributed by atoms with Crippen molar-refractivity contribution in [3.63, 3.8) is 0 Å². The number of aromatic nitrogens is 3. The maximum absolute atomic E-state index is 6.67. The minimum atomic E-state index is 0.596. The average Bonchev–Trinajstić information content (AvgIpc) is 3.74. The highest BCUT2D eigenvalue weighted by atomic mass is 16.3. The van der Waals surface area contributed by atoms with Crippen molar-refractivity contribution in [1.29, 1.82) is 0 Å². The van der Waals surface area contributed by atoms with Gasteiger partial charge in [0.25, 0.3) is 0 Å². The Morgan fingerprint density at radius 2 is 0.938 bits per heavy atom. The molecule has 10 rings (SSSR count). The van der Waals surface area contributed by atoms with Crippen LogP contribution in [0, 0.1) is 0 Å². The summed E-state index contributed by atoms with van der Waals surface area (Å²) in [5.41, 5.74) is 8.22. The lowest BCUT2D eigenvalue weighted by molar-refractivity contribution is 0.669. The van der Waals surface area contributed by atoms with Crippen molar-refractivity contribution in [3.05, 3.63) is 152 Å². The first-order valence-corrected chi connectivity index (χ1v) is 15.9. The maximum Gasteiger partial charge on any atom is 0.164 e. The Bertz CT molecular complexity index is 2780. The maximum atomic E-state index is 6.67. The molecule has 0 fully saturated rings. The van der Waals surface area contributed by atoms with E-state index >= 15 is 0 Å². The molecule has 3 heterocycles. The van der Waals surface area contributed by atoms with Gasteiger partial charge in [-0.15, -0.1) is 0 Å². The zero-order chi connectivity index (χ0) is 31.6. The molecular weight excluding hydrogens is 590 g/mol. The van der Waals surface area contributed by atoms with Gasteiger partial charge in [0.2, 0.25) is 0 Å². The number of para-hydroxylation sites is 2. The topological polar surface area (TPSA) is 65.0 Å². The third-order valence-corrected chi connectivity index (χ3v) is 9.14. The second kappa shape index (κ2) is 10.5. The third-order valence-electron chi connectivity index (χ3n) is 9.14.